The highest BCUT2D eigenvalue weighted by atomic mass is 32.1. The molecule has 0 radical (unpaired) electrons. The lowest BCUT2D eigenvalue weighted by Crippen LogP contribution is -2.34. The van der Waals surface area contributed by atoms with Gasteiger partial charge in [-0.15, -0.1) is 11.3 Å². The molecule has 2 heterocycles. The average Bonchev–Trinajstić information content (AvgIpc) is 2.82. The van der Waals surface area contributed by atoms with Crippen molar-refractivity contribution in [3.63, 3.8) is 0 Å². The van der Waals surface area contributed by atoms with Crippen molar-refractivity contribution in [1.29, 1.82) is 0 Å². The molecule has 21 heavy (non-hydrogen) atoms. The number of anilines is 1. The van der Waals surface area contributed by atoms with E-state index in [2.05, 4.69) is 44.8 Å². The van der Waals surface area contributed by atoms with E-state index >= 15 is 0 Å². The molecule has 1 fully saturated rings. The Bertz CT molecular complexity index is 439. The van der Waals surface area contributed by atoms with Gasteiger partial charge in [0.2, 0.25) is 0 Å². The minimum Gasteiger partial charge on any atom is -0.348 e. The Hall–Kier alpha value is -0.610. The van der Waals surface area contributed by atoms with Crippen LogP contribution in [0, 0.1) is 11.8 Å². The van der Waals surface area contributed by atoms with Crippen molar-refractivity contribution in [3.05, 3.63) is 10.6 Å². The maximum atomic E-state index is 4.97. The lowest BCUT2D eigenvalue weighted by atomic mass is 10.0. The summed E-state index contributed by atoms with van der Waals surface area (Å²) in [6, 6.07) is 0. The second kappa shape index (κ2) is 7.59. The van der Waals surface area contributed by atoms with E-state index in [9.17, 15) is 0 Å². The minimum atomic E-state index is 0.507. The molecule has 1 atom stereocenters. The molecule has 1 unspecified atom stereocenters. The van der Waals surface area contributed by atoms with Gasteiger partial charge in [-0.25, -0.2) is 4.98 Å². The smallest absolute Gasteiger partial charge is 0.185 e. The zero-order valence-electron chi connectivity index (χ0n) is 14.3. The van der Waals surface area contributed by atoms with E-state index in [0.29, 0.717) is 11.8 Å². The summed E-state index contributed by atoms with van der Waals surface area (Å²) in [6.45, 7) is 15.8. The van der Waals surface area contributed by atoms with Crippen LogP contribution in [-0.2, 0) is 6.54 Å². The summed E-state index contributed by atoms with van der Waals surface area (Å²) in [7, 11) is 0. The van der Waals surface area contributed by atoms with Gasteiger partial charge in [0, 0.05) is 24.5 Å². The van der Waals surface area contributed by atoms with E-state index in [0.717, 1.165) is 19.0 Å². The highest BCUT2D eigenvalue weighted by Crippen LogP contribution is 2.33. The zero-order valence-corrected chi connectivity index (χ0v) is 15.1. The fourth-order valence-electron chi connectivity index (χ4n) is 2.90. The van der Waals surface area contributed by atoms with Gasteiger partial charge in [-0.1, -0.05) is 34.6 Å². The lowest BCUT2D eigenvalue weighted by molar-refractivity contribution is 0.446. The van der Waals surface area contributed by atoms with Crippen LogP contribution < -0.4 is 10.2 Å². The molecule has 0 aromatic carbocycles. The molecule has 1 saturated heterocycles. The summed E-state index contributed by atoms with van der Waals surface area (Å²) < 4.78 is 0. The first-order chi connectivity index (χ1) is 9.97. The number of piperidine rings is 1. The van der Waals surface area contributed by atoms with E-state index in [1.54, 1.807) is 0 Å². The Morgan fingerprint density at radius 1 is 1.33 bits per heavy atom. The molecule has 4 heteroatoms. The molecular formula is C17H31N3S. The van der Waals surface area contributed by atoms with Crippen LogP contribution in [0.2, 0.25) is 0 Å². The van der Waals surface area contributed by atoms with Gasteiger partial charge in [-0.2, -0.15) is 0 Å². The molecule has 0 amide bonds. The van der Waals surface area contributed by atoms with Crippen molar-refractivity contribution in [2.24, 2.45) is 11.8 Å². The molecule has 1 aromatic heterocycles. The van der Waals surface area contributed by atoms with Gasteiger partial charge in [0.05, 0.1) is 5.69 Å². The Morgan fingerprint density at radius 3 is 2.71 bits per heavy atom. The van der Waals surface area contributed by atoms with Crippen LogP contribution in [0.5, 0.6) is 0 Å². The van der Waals surface area contributed by atoms with Crippen LogP contribution in [0.3, 0.4) is 0 Å². The predicted octanol–water partition coefficient (Wildman–Crippen LogP) is 4.25. The quantitative estimate of drug-likeness (QED) is 0.851. The number of hydrogen-bond donors (Lipinski definition) is 1. The van der Waals surface area contributed by atoms with Gasteiger partial charge in [-0.05, 0) is 37.1 Å². The van der Waals surface area contributed by atoms with Crippen LogP contribution in [0.15, 0.2) is 0 Å². The van der Waals surface area contributed by atoms with Crippen LogP contribution in [0.4, 0.5) is 5.13 Å². The molecule has 120 valence electrons. The van der Waals surface area contributed by atoms with Gasteiger partial charge in [-0.3, -0.25) is 0 Å². The molecule has 0 bridgehead atoms. The average molecular weight is 310 g/mol. The monoisotopic (exact) mass is 309 g/mol. The first-order valence-corrected chi connectivity index (χ1v) is 9.24. The van der Waals surface area contributed by atoms with Crippen molar-refractivity contribution >= 4 is 16.5 Å². The highest BCUT2D eigenvalue weighted by Gasteiger charge is 2.22. The van der Waals surface area contributed by atoms with Crippen molar-refractivity contribution in [2.45, 2.75) is 59.9 Å². The molecule has 0 aliphatic carbocycles. The number of rotatable bonds is 6. The molecule has 2 rings (SSSR count). The molecule has 1 N–H and O–H groups in total. The standard InChI is InChI=1S/C17H31N3S/c1-12(2)9-18-10-15-16(13(3)4)19-17(21-15)20-8-6-7-14(5)11-20/h12-14,18H,6-11H2,1-5H3. The van der Waals surface area contributed by atoms with Crippen LogP contribution in [0.25, 0.3) is 0 Å². The molecule has 0 saturated carbocycles. The molecule has 1 aromatic rings. The topological polar surface area (TPSA) is 28.2 Å². The summed E-state index contributed by atoms with van der Waals surface area (Å²) in [5.74, 6) is 2.00. The fraction of sp³-hybridized carbons (Fsp3) is 0.824. The zero-order chi connectivity index (χ0) is 15.4. The normalized spacial score (nSPS) is 19.8. The Kier molecular flexibility index (Phi) is 6.06. The van der Waals surface area contributed by atoms with Gasteiger partial charge in [0.15, 0.2) is 5.13 Å². The highest BCUT2D eigenvalue weighted by molar-refractivity contribution is 7.15. The second-order valence-electron chi connectivity index (χ2n) is 7.18. The number of nitrogens with zero attached hydrogens (tertiary/aromatic N) is 2. The van der Waals surface area contributed by atoms with Crippen LogP contribution >= 0.6 is 11.3 Å². The SMILES string of the molecule is CC(C)CNCc1sc(N2CCCC(C)C2)nc1C(C)C. The van der Waals surface area contributed by atoms with Crippen molar-refractivity contribution in [2.75, 3.05) is 24.5 Å². The van der Waals surface area contributed by atoms with Gasteiger partial charge in [0.1, 0.15) is 0 Å². The first-order valence-electron chi connectivity index (χ1n) is 8.42. The Labute approximate surface area is 134 Å². The van der Waals surface area contributed by atoms with Gasteiger partial charge in [0.25, 0.3) is 0 Å². The number of aromatic nitrogens is 1. The van der Waals surface area contributed by atoms with E-state index in [1.807, 2.05) is 11.3 Å². The third-order valence-corrected chi connectivity index (χ3v) is 5.16. The summed E-state index contributed by atoms with van der Waals surface area (Å²) in [5, 5.41) is 4.82. The van der Waals surface area contributed by atoms with Crippen molar-refractivity contribution in [3.8, 4) is 0 Å². The predicted molar refractivity (Wildman–Crippen MR) is 93.4 cm³/mol. The molecule has 3 nitrogen and oxygen atoms in total. The van der Waals surface area contributed by atoms with E-state index in [1.165, 1.54) is 41.6 Å². The van der Waals surface area contributed by atoms with E-state index in [-0.39, 0.29) is 0 Å². The molecule has 1 aliphatic heterocycles. The van der Waals surface area contributed by atoms with E-state index in [4.69, 9.17) is 4.98 Å². The maximum absolute atomic E-state index is 4.97. The number of nitrogens with one attached hydrogen (secondary N) is 1. The van der Waals surface area contributed by atoms with Crippen molar-refractivity contribution in [1.82, 2.24) is 10.3 Å². The maximum Gasteiger partial charge on any atom is 0.185 e. The molecular weight excluding hydrogens is 278 g/mol. The third kappa shape index (κ3) is 4.68. The summed E-state index contributed by atoms with van der Waals surface area (Å²) in [6.07, 6.45) is 2.67. The second-order valence-corrected chi connectivity index (χ2v) is 8.24. The first kappa shape index (κ1) is 16.8. The van der Waals surface area contributed by atoms with Gasteiger partial charge >= 0.3 is 0 Å². The lowest BCUT2D eigenvalue weighted by Gasteiger charge is -2.30. The van der Waals surface area contributed by atoms with Crippen LogP contribution in [-0.4, -0.2) is 24.6 Å². The summed E-state index contributed by atoms with van der Waals surface area (Å²) >= 11 is 1.90. The fourth-order valence-corrected chi connectivity index (χ4v) is 4.12. The minimum absolute atomic E-state index is 0.507. The Morgan fingerprint density at radius 2 is 2.10 bits per heavy atom. The van der Waals surface area contributed by atoms with E-state index < -0.39 is 0 Å². The number of thiazole rings is 1. The Balaban J connectivity index is 2.08. The summed E-state index contributed by atoms with van der Waals surface area (Å²) in [5.41, 5.74) is 1.30. The summed E-state index contributed by atoms with van der Waals surface area (Å²) in [4.78, 5) is 8.90. The third-order valence-electron chi connectivity index (χ3n) is 4.03. The molecule has 0 spiro atoms. The van der Waals surface area contributed by atoms with Crippen molar-refractivity contribution < 1.29 is 0 Å². The molecule has 1 aliphatic rings. The van der Waals surface area contributed by atoms with Gasteiger partial charge < -0.3 is 10.2 Å². The number of hydrogen-bond acceptors (Lipinski definition) is 4. The van der Waals surface area contributed by atoms with Crippen LogP contribution in [0.1, 0.15) is 63.9 Å². The largest absolute Gasteiger partial charge is 0.348 e.